The molecule has 0 rings (SSSR count). The van der Waals surface area contributed by atoms with Crippen LogP contribution in [0.15, 0.2) is 146 Å². The zero-order valence-electron chi connectivity index (χ0n) is 37.3. The first-order chi connectivity index (χ1) is 29.8. The van der Waals surface area contributed by atoms with Crippen LogP contribution in [0.4, 0.5) is 0 Å². The van der Waals surface area contributed by atoms with Crippen LogP contribution in [-0.2, 0) is 27.9 Å². The third kappa shape index (κ3) is 46.8. The molecule has 3 N–H and O–H groups in total. The molecule has 0 aromatic carbocycles. The summed E-state index contributed by atoms with van der Waals surface area (Å²) in [6.45, 7) is 3.13. The lowest BCUT2D eigenvalue weighted by molar-refractivity contribution is -0.146. The molecule has 0 saturated heterocycles. The largest absolute Gasteiger partial charge is 0.472 e. The van der Waals surface area contributed by atoms with Gasteiger partial charge in [-0.2, -0.15) is 0 Å². The Hall–Kier alpha value is -4.11. The van der Waals surface area contributed by atoms with Gasteiger partial charge in [0, 0.05) is 13.0 Å². The molecule has 0 heterocycles. The highest BCUT2D eigenvalue weighted by Gasteiger charge is 2.23. The first-order valence-electron chi connectivity index (χ1n) is 22.3. The van der Waals surface area contributed by atoms with Crippen LogP contribution >= 0.6 is 7.82 Å². The number of aliphatic hydroxyl groups is 1. The molecule has 1 amide bonds. The van der Waals surface area contributed by atoms with Crippen molar-refractivity contribution >= 4 is 19.7 Å². The average molecular weight is 864 g/mol. The third-order valence-electron chi connectivity index (χ3n) is 8.30. The van der Waals surface area contributed by atoms with Crippen molar-refractivity contribution in [3.05, 3.63) is 146 Å². The number of phosphoric acid groups is 1. The van der Waals surface area contributed by atoms with Gasteiger partial charge in [0.1, 0.15) is 12.7 Å². The molecule has 9 nitrogen and oxygen atoms in total. The number of hydrogen-bond acceptors (Lipinski definition) is 7. The second kappa shape index (κ2) is 45.4. The predicted octanol–water partition coefficient (Wildman–Crippen LogP) is 12.9. The van der Waals surface area contributed by atoms with Gasteiger partial charge in [-0.3, -0.25) is 18.6 Å². The van der Waals surface area contributed by atoms with Crippen LogP contribution < -0.4 is 5.32 Å². The number of carbonyl (C=O) groups is 2. The number of amides is 1. The lowest BCUT2D eigenvalue weighted by Gasteiger charge is -2.15. The number of allylic oxidation sites excluding steroid dienone is 23. The average Bonchev–Trinajstić information content (AvgIpc) is 3.25. The SMILES string of the molecule is CC/C=C\C/C=C\C/C=C\C/C=C\C/C=C\C/C=C\C/C=C\CC(=O)OCC(O)COP(=O)(O)OCCNC(=O)CCCCC/C=C\C/C=C\C/C=C\C/C=C\C/C=C\CC. The van der Waals surface area contributed by atoms with E-state index in [2.05, 4.69) is 147 Å². The van der Waals surface area contributed by atoms with E-state index in [1.165, 1.54) is 0 Å². The Morgan fingerprint density at radius 3 is 1.34 bits per heavy atom. The fourth-order valence-corrected chi connectivity index (χ4v) is 5.78. The number of nitrogens with one attached hydrogen (secondary N) is 1. The lowest BCUT2D eigenvalue weighted by atomic mass is 10.1. The summed E-state index contributed by atoms with van der Waals surface area (Å²) >= 11 is 0. The van der Waals surface area contributed by atoms with Crippen LogP contribution in [0.25, 0.3) is 0 Å². The van der Waals surface area contributed by atoms with Crippen molar-refractivity contribution in [1.29, 1.82) is 0 Å². The standard InChI is InChI=1S/C51H78NO8P/c1-3-5-7-9-11-13-15-17-19-21-23-24-26-28-30-32-34-36-38-40-42-44-51(55)58-47-49(53)48-60-61(56,57)59-46-45-52-50(54)43-41-39-37-35-33-31-29-27-25-22-20-18-16-14-12-10-8-6-4-2/h5-8,11-14,17-20,23-25,27-28,30-31,33-34,36,40,42,49,53H,3-4,9-10,15-16,21-22,26,29,32,35,37-39,41,43-48H2,1-2H3,(H,52,54)(H,56,57)/b7-5-,8-6-,13-11-,14-12-,19-17-,20-18-,24-23-,27-25-,30-28-,33-31-,36-34-,42-40-. The Balaban J connectivity index is 3.82. The highest BCUT2D eigenvalue weighted by atomic mass is 31.2. The van der Waals surface area contributed by atoms with E-state index in [-0.39, 0.29) is 25.5 Å². The molecule has 0 fully saturated rings. The molecule has 10 heteroatoms. The Morgan fingerprint density at radius 1 is 0.525 bits per heavy atom. The Labute approximate surface area is 369 Å². The topological polar surface area (TPSA) is 131 Å². The smallest absolute Gasteiger partial charge is 0.463 e. The van der Waals surface area contributed by atoms with Crippen LogP contribution in [-0.4, -0.2) is 54.3 Å². The molecule has 340 valence electrons. The molecule has 0 radical (unpaired) electrons. The Kier molecular flexibility index (Phi) is 42.4. The fourth-order valence-electron chi connectivity index (χ4n) is 5.02. The quantitative estimate of drug-likeness (QED) is 0.0241. The molecular formula is C51H78NO8P. The van der Waals surface area contributed by atoms with Gasteiger partial charge < -0.3 is 20.1 Å². The Bertz CT molecular complexity index is 1490. The van der Waals surface area contributed by atoms with E-state index in [4.69, 9.17) is 13.8 Å². The minimum atomic E-state index is -4.46. The van der Waals surface area contributed by atoms with Gasteiger partial charge in [-0.05, 0) is 96.3 Å². The van der Waals surface area contributed by atoms with E-state index in [0.717, 1.165) is 96.3 Å². The normalized spacial score (nSPS) is 14.6. The number of esters is 1. The van der Waals surface area contributed by atoms with Gasteiger partial charge in [0.25, 0.3) is 0 Å². The van der Waals surface area contributed by atoms with Crippen LogP contribution in [0.1, 0.15) is 129 Å². The van der Waals surface area contributed by atoms with Crippen molar-refractivity contribution < 1.29 is 37.9 Å². The number of hydrogen-bond donors (Lipinski definition) is 3. The molecule has 2 unspecified atom stereocenters. The van der Waals surface area contributed by atoms with Gasteiger partial charge in [0.15, 0.2) is 0 Å². The van der Waals surface area contributed by atoms with Gasteiger partial charge in [0.2, 0.25) is 5.91 Å². The van der Waals surface area contributed by atoms with Gasteiger partial charge in [-0.25, -0.2) is 4.57 Å². The second-order valence-electron chi connectivity index (χ2n) is 13.9. The van der Waals surface area contributed by atoms with Gasteiger partial charge in [-0.15, -0.1) is 0 Å². The van der Waals surface area contributed by atoms with Gasteiger partial charge in [0.05, 0.1) is 19.6 Å². The van der Waals surface area contributed by atoms with Gasteiger partial charge in [-0.1, -0.05) is 166 Å². The minimum Gasteiger partial charge on any atom is -0.463 e. The molecule has 0 bridgehead atoms. The summed E-state index contributed by atoms with van der Waals surface area (Å²) in [5, 5.41) is 12.7. The summed E-state index contributed by atoms with van der Waals surface area (Å²) in [4.78, 5) is 33.9. The monoisotopic (exact) mass is 864 g/mol. The van der Waals surface area contributed by atoms with Gasteiger partial charge >= 0.3 is 13.8 Å². The third-order valence-corrected chi connectivity index (χ3v) is 9.28. The Morgan fingerprint density at radius 2 is 0.918 bits per heavy atom. The highest BCUT2D eigenvalue weighted by Crippen LogP contribution is 2.42. The molecule has 0 aliphatic carbocycles. The van der Waals surface area contributed by atoms with Crippen molar-refractivity contribution in [3.8, 4) is 0 Å². The molecule has 0 aromatic heterocycles. The van der Waals surface area contributed by atoms with Crippen molar-refractivity contribution in [2.75, 3.05) is 26.4 Å². The summed E-state index contributed by atoms with van der Waals surface area (Å²) in [5.74, 6) is -0.699. The number of ether oxygens (including phenoxy) is 1. The van der Waals surface area contributed by atoms with E-state index in [1.54, 1.807) is 6.08 Å². The summed E-state index contributed by atoms with van der Waals surface area (Å²) in [6, 6.07) is 0. The fraction of sp³-hybridized carbons (Fsp3) is 0.490. The maximum Gasteiger partial charge on any atom is 0.472 e. The molecule has 2 atom stereocenters. The molecule has 0 aliphatic heterocycles. The predicted molar refractivity (Wildman–Crippen MR) is 256 cm³/mol. The van der Waals surface area contributed by atoms with Crippen LogP contribution in [0.3, 0.4) is 0 Å². The molecule has 61 heavy (non-hydrogen) atoms. The second-order valence-corrected chi connectivity index (χ2v) is 15.4. The van der Waals surface area contributed by atoms with E-state index >= 15 is 0 Å². The summed E-state index contributed by atoms with van der Waals surface area (Å²) in [7, 11) is -4.46. The number of rotatable bonds is 39. The van der Waals surface area contributed by atoms with Crippen LogP contribution in [0, 0.1) is 0 Å². The van der Waals surface area contributed by atoms with Crippen LogP contribution in [0.5, 0.6) is 0 Å². The van der Waals surface area contributed by atoms with Crippen molar-refractivity contribution in [3.63, 3.8) is 0 Å². The zero-order chi connectivity index (χ0) is 44.6. The van der Waals surface area contributed by atoms with E-state index in [1.807, 2.05) is 12.2 Å². The lowest BCUT2D eigenvalue weighted by Crippen LogP contribution is -2.27. The van der Waals surface area contributed by atoms with Crippen molar-refractivity contribution in [2.24, 2.45) is 0 Å². The number of phosphoric ester groups is 1. The summed E-state index contributed by atoms with van der Waals surface area (Å²) in [6.07, 6.45) is 65.2. The van der Waals surface area contributed by atoms with E-state index in [9.17, 15) is 24.2 Å². The van der Waals surface area contributed by atoms with Crippen molar-refractivity contribution in [1.82, 2.24) is 5.32 Å². The number of carbonyl (C=O) groups excluding carboxylic acids is 2. The molecule has 0 saturated carbocycles. The first kappa shape index (κ1) is 56.9. The molecule has 0 aliphatic rings. The van der Waals surface area contributed by atoms with E-state index in [0.29, 0.717) is 12.8 Å². The number of aliphatic hydroxyl groups excluding tert-OH is 1. The first-order valence-corrected chi connectivity index (χ1v) is 23.8. The van der Waals surface area contributed by atoms with Crippen molar-refractivity contribution in [2.45, 2.75) is 136 Å². The van der Waals surface area contributed by atoms with E-state index < -0.39 is 33.1 Å². The molecular weight excluding hydrogens is 786 g/mol. The minimum absolute atomic E-state index is 0.0363. The summed E-state index contributed by atoms with van der Waals surface area (Å²) in [5.41, 5.74) is 0. The maximum absolute atomic E-state index is 12.1. The summed E-state index contributed by atoms with van der Waals surface area (Å²) < 4.78 is 26.8. The molecule has 0 spiro atoms. The number of unbranched alkanes of at least 4 members (excludes halogenated alkanes) is 3. The highest BCUT2D eigenvalue weighted by molar-refractivity contribution is 7.47. The maximum atomic E-state index is 12.1. The zero-order valence-corrected chi connectivity index (χ0v) is 38.2. The van der Waals surface area contributed by atoms with Crippen LogP contribution in [0.2, 0.25) is 0 Å². The molecule has 0 aromatic rings.